The first kappa shape index (κ1) is 19.8. The summed E-state index contributed by atoms with van der Waals surface area (Å²) in [6, 6.07) is 11.9. The molecule has 3 saturated heterocycles. The van der Waals surface area contributed by atoms with Crippen molar-refractivity contribution >= 4 is 5.91 Å². The Kier molecular flexibility index (Phi) is 5.63. The fourth-order valence-electron chi connectivity index (χ4n) is 5.23. The van der Waals surface area contributed by atoms with Crippen LogP contribution in [0.15, 0.2) is 48.8 Å². The van der Waals surface area contributed by atoms with Gasteiger partial charge in [-0.15, -0.1) is 0 Å². The van der Waals surface area contributed by atoms with E-state index in [4.69, 9.17) is 9.47 Å². The number of benzene rings is 1. The van der Waals surface area contributed by atoms with Gasteiger partial charge in [-0.05, 0) is 61.6 Å². The summed E-state index contributed by atoms with van der Waals surface area (Å²) >= 11 is 0. The Bertz CT molecular complexity index is 845. The first-order valence-electron chi connectivity index (χ1n) is 11.2. The molecule has 30 heavy (non-hydrogen) atoms. The standard InChI is InChI=1S/C24H31N3O3/c28-23(21-4-6-22(7-5-21)26-9-1-2-10-26)27-11-3-8-24(19-27)16-20(18-30-24)17-25-12-14-29-15-13-25/h1-2,4-7,9-10,20H,3,8,11-19H2/t20-,24+/m1/s1. The van der Waals surface area contributed by atoms with Gasteiger partial charge in [0.05, 0.1) is 25.4 Å². The smallest absolute Gasteiger partial charge is 0.253 e. The molecule has 0 saturated carbocycles. The van der Waals surface area contributed by atoms with Gasteiger partial charge in [0.2, 0.25) is 0 Å². The zero-order valence-corrected chi connectivity index (χ0v) is 17.5. The van der Waals surface area contributed by atoms with Crippen LogP contribution < -0.4 is 0 Å². The van der Waals surface area contributed by atoms with E-state index >= 15 is 0 Å². The number of hydrogen-bond donors (Lipinski definition) is 0. The van der Waals surface area contributed by atoms with E-state index in [0.717, 1.165) is 76.5 Å². The highest BCUT2D eigenvalue weighted by Crippen LogP contribution is 2.38. The van der Waals surface area contributed by atoms with Gasteiger partial charge in [-0.1, -0.05) is 0 Å². The summed E-state index contributed by atoms with van der Waals surface area (Å²) in [6.45, 7) is 7.14. The first-order chi connectivity index (χ1) is 14.7. The van der Waals surface area contributed by atoms with Crippen molar-refractivity contribution in [1.82, 2.24) is 14.4 Å². The lowest BCUT2D eigenvalue weighted by Crippen LogP contribution is -2.50. The van der Waals surface area contributed by atoms with E-state index in [1.807, 2.05) is 58.3 Å². The number of amides is 1. The lowest BCUT2D eigenvalue weighted by atomic mass is 9.86. The maximum Gasteiger partial charge on any atom is 0.253 e. The van der Waals surface area contributed by atoms with Crippen LogP contribution in [-0.4, -0.2) is 78.4 Å². The van der Waals surface area contributed by atoms with E-state index < -0.39 is 0 Å². The highest BCUT2D eigenvalue weighted by atomic mass is 16.5. The van der Waals surface area contributed by atoms with Crippen molar-refractivity contribution in [3.8, 4) is 5.69 Å². The molecule has 2 aromatic rings. The third kappa shape index (κ3) is 4.17. The van der Waals surface area contributed by atoms with E-state index in [2.05, 4.69) is 4.90 Å². The van der Waals surface area contributed by atoms with Crippen LogP contribution in [0.25, 0.3) is 5.69 Å². The molecule has 2 atom stereocenters. The summed E-state index contributed by atoms with van der Waals surface area (Å²) in [5.41, 5.74) is 1.67. The van der Waals surface area contributed by atoms with Crippen molar-refractivity contribution in [1.29, 1.82) is 0 Å². The summed E-state index contributed by atoms with van der Waals surface area (Å²) in [6.07, 6.45) is 7.15. The molecule has 1 aromatic carbocycles. The number of rotatable bonds is 4. The number of nitrogens with zero attached hydrogens (tertiary/aromatic N) is 3. The average molecular weight is 410 g/mol. The molecule has 5 rings (SSSR count). The second-order valence-electron chi connectivity index (χ2n) is 8.94. The molecule has 1 aromatic heterocycles. The molecule has 1 spiro atoms. The van der Waals surface area contributed by atoms with Crippen LogP contribution >= 0.6 is 0 Å². The van der Waals surface area contributed by atoms with Crippen LogP contribution in [0.1, 0.15) is 29.6 Å². The van der Waals surface area contributed by atoms with Crippen molar-refractivity contribution in [3.63, 3.8) is 0 Å². The van der Waals surface area contributed by atoms with E-state index in [1.165, 1.54) is 0 Å². The minimum Gasteiger partial charge on any atom is -0.379 e. The van der Waals surface area contributed by atoms with Crippen LogP contribution in [0.4, 0.5) is 0 Å². The molecule has 0 N–H and O–H groups in total. The van der Waals surface area contributed by atoms with Crippen molar-refractivity contribution in [2.45, 2.75) is 24.9 Å². The van der Waals surface area contributed by atoms with E-state index in [9.17, 15) is 4.79 Å². The van der Waals surface area contributed by atoms with Gasteiger partial charge in [0, 0.05) is 56.4 Å². The second kappa shape index (κ2) is 8.53. The predicted octanol–water partition coefficient (Wildman–Crippen LogP) is 2.82. The molecule has 6 nitrogen and oxygen atoms in total. The van der Waals surface area contributed by atoms with Gasteiger partial charge in [-0.3, -0.25) is 9.69 Å². The Morgan fingerprint density at radius 1 is 1.07 bits per heavy atom. The summed E-state index contributed by atoms with van der Waals surface area (Å²) in [5, 5.41) is 0. The van der Waals surface area contributed by atoms with E-state index in [0.29, 0.717) is 12.5 Å². The fourth-order valence-corrected chi connectivity index (χ4v) is 5.23. The Morgan fingerprint density at radius 2 is 1.83 bits per heavy atom. The first-order valence-corrected chi connectivity index (χ1v) is 11.2. The number of ether oxygens (including phenoxy) is 2. The van der Waals surface area contributed by atoms with Gasteiger partial charge in [-0.2, -0.15) is 0 Å². The van der Waals surface area contributed by atoms with Crippen molar-refractivity contribution in [2.24, 2.45) is 5.92 Å². The van der Waals surface area contributed by atoms with Crippen molar-refractivity contribution in [3.05, 3.63) is 54.4 Å². The molecule has 6 heteroatoms. The zero-order chi connectivity index (χ0) is 20.4. The van der Waals surface area contributed by atoms with Gasteiger partial charge in [0.1, 0.15) is 0 Å². The van der Waals surface area contributed by atoms with Crippen molar-refractivity contribution < 1.29 is 14.3 Å². The largest absolute Gasteiger partial charge is 0.379 e. The average Bonchev–Trinajstić information content (AvgIpc) is 3.45. The fraction of sp³-hybridized carbons (Fsp3) is 0.542. The van der Waals surface area contributed by atoms with Crippen molar-refractivity contribution in [2.75, 3.05) is 52.5 Å². The number of carbonyl (C=O) groups is 1. The Morgan fingerprint density at radius 3 is 2.60 bits per heavy atom. The molecule has 0 unspecified atom stereocenters. The minimum atomic E-state index is -0.157. The molecule has 160 valence electrons. The minimum absolute atomic E-state index is 0.119. The van der Waals surface area contributed by atoms with Crippen LogP contribution in [0, 0.1) is 5.92 Å². The normalized spacial score (nSPS) is 27.6. The third-order valence-electron chi connectivity index (χ3n) is 6.75. The number of carbonyl (C=O) groups excluding carboxylic acids is 1. The van der Waals surface area contributed by atoms with E-state index in [1.54, 1.807) is 0 Å². The molecular formula is C24H31N3O3. The maximum atomic E-state index is 13.2. The molecule has 3 fully saturated rings. The number of morpholine rings is 1. The van der Waals surface area contributed by atoms with Gasteiger partial charge >= 0.3 is 0 Å². The number of aromatic nitrogens is 1. The molecule has 0 bridgehead atoms. The summed E-state index contributed by atoms with van der Waals surface area (Å²) in [4.78, 5) is 17.7. The predicted molar refractivity (Wildman–Crippen MR) is 115 cm³/mol. The Labute approximate surface area is 178 Å². The van der Waals surface area contributed by atoms with Gasteiger partial charge in [-0.25, -0.2) is 0 Å². The highest BCUT2D eigenvalue weighted by Gasteiger charge is 2.44. The quantitative estimate of drug-likeness (QED) is 0.779. The molecule has 1 amide bonds. The van der Waals surface area contributed by atoms with E-state index in [-0.39, 0.29) is 11.5 Å². The molecule has 0 aliphatic carbocycles. The Hall–Kier alpha value is -2.15. The summed E-state index contributed by atoms with van der Waals surface area (Å²) < 4.78 is 13.9. The topological polar surface area (TPSA) is 46.9 Å². The lowest BCUT2D eigenvalue weighted by molar-refractivity contribution is -0.0451. The monoisotopic (exact) mass is 409 g/mol. The SMILES string of the molecule is O=C(c1ccc(-n2cccc2)cc1)N1CCC[C@]2(C[C@H](CN3CCOCC3)CO2)C1. The zero-order valence-electron chi connectivity index (χ0n) is 17.5. The molecule has 4 heterocycles. The molecule has 3 aliphatic heterocycles. The van der Waals surface area contributed by atoms with Crippen LogP contribution in [0.2, 0.25) is 0 Å². The van der Waals surface area contributed by atoms with Gasteiger partial charge < -0.3 is 18.9 Å². The van der Waals surface area contributed by atoms with Gasteiger partial charge in [0.25, 0.3) is 5.91 Å². The molecule has 3 aliphatic rings. The summed E-state index contributed by atoms with van der Waals surface area (Å²) in [7, 11) is 0. The second-order valence-corrected chi connectivity index (χ2v) is 8.94. The number of hydrogen-bond acceptors (Lipinski definition) is 4. The van der Waals surface area contributed by atoms with Gasteiger partial charge in [0.15, 0.2) is 0 Å². The summed E-state index contributed by atoms with van der Waals surface area (Å²) in [5.74, 6) is 0.673. The molecule has 0 radical (unpaired) electrons. The van der Waals surface area contributed by atoms with Crippen LogP contribution in [0.3, 0.4) is 0 Å². The Balaban J connectivity index is 1.21. The highest BCUT2D eigenvalue weighted by molar-refractivity contribution is 5.94. The lowest BCUT2D eigenvalue weighted by Gasteiger charge is -2.40. The third-order valence-corrected chi connectivity index (χ3v) is 6.75. The van der Waals surface area contributed by atoms with Crippen LogP contribution in [-0.2, 0) is 9.47 Å². The maximum absolute atomic E-state index is 13.2. The van der Waals surface area contributed by atoms with Crippen LogP contribution in [0.5, 0.6) is 0 Å². The number of likely N-dealkylation sites (tertiary alicyclic amines) is 1. The number of piperidine rings is 1. The molecular weight excluding hydrogens is 378 g/mol.